The van der Waals surface area contributed by atoms with E-state index in [4.69, 9.17) is 5.73 Å². The minimum Gasteiger partial charge on any atom is -0.332 e. The molecule has 1 aromatic rings. The third kappa shape index (κ3) is 1.49. The largest absolute Gasteiger partial charge is 0.332 e. The summed E-state index contributed by atoms with van der Waals surface area (Å²) in [4.78, 5) is 4.61. The molecule has 2 aliphatic rings. The van der Waals surface area contributed by atoms with Crippen molar-refractivity contribution in [2.24, 2.45) is 11.7 Å². The Kier molecular flexibility index (Phi) is 2.28. The van der Waals surface area contributed by atoms with Crippen LogP contribution in [0.2, 0.25) is 0 Å². The summed E-state index contributed by atoms with van der Waals surface area (Å²) >= 11 is 0. The summed E-state index contributed by atoms with van der Waals surface area (Å²) in [6, 6.07) is 0. The van der Waals surface area contributed by atoms with Crippen molar-refractivity contribution in [3.05, 3.63) is 17.7 Å². The summed E-state index contributed by atoms with van der Waals surface area (Å²) in [6.45, 7) is 1.97. The first-order chi connectivity index (χ1) is 7.38. The second kappa shape index (κ2) is 3.63. The zero-order valence-electron chi connectivity index (χ0n) is 9.15. The van der Waals surface area contributed by atoms with Crippen LogP contribution in [0.1, 0.15) is 43.1 Å². The molecular weight excluding hydrogens is 186 g/mol. The van der Waals surface area contributed by atoms with Gasteiger partial charge in [0.2, 0.25) is 0 Å². The standard InChI is InChI=1S/C12H19N3/c13-7-9-4-5-15-11(6-9)8-14-12(15)10-2-1-3-10/h8-10H,1-7,13H2. The maximum absolute atomic E-state index is 5.73. The summed E-state index contributed by atoms with van der Waals surface area (Å²) in [6.07, 6.45) is 8.52. The van der Waals surface area contributed by atoms with E-state index in [1.165, 1.54) is 37.2 Å². The van der Waals surface area contributed by atoms with Crippen molar-refractivity contribution >= 4 is 0 Å². The molecule has 1 aliphatic carbocycles. The number of imidazole rings is 1. The summed E-state index contributed by atoms with van der Waals surface area (Å²) < 4.78 is 2.45. The van der Waals surface area contributed by atoms with Gasteiger partial charge in [-0.25, -0.2) is 4.98 Å². The van der Waals surface area contributed by atoms with E-state index in [-0.39, 0.29) is 0 Å². The lowest BCUT2D eigenvalue weighted by molar-refractivity contribution is 0.349. The van der Waals surface area contributed by atoms with Crippen LogP contribution in [0.3, 0.4) is 0 Å². The third-order valence-electron chi connectivity index (χ3n) is 4.03. The molecule has 3 rings (SSSR count). The molecule has 0 bridgehead atoms. The molecule has 82 valence electrons. The molecule has 1 aliphatic heterocycles. The molecule has 1 saturated carbocycles. The van der Waals surface area contributed by atoms with Gasteiger partial charge in [0.05, 0.1) is 0 Å². The van der Waals surface area contributed by atoms with Crippen LogP contribution in [0.25, 0.3) is 0 Å². The van der Waals surface area contributed by atoms with E-state index in [2.05, 4.69) is 15.7 Å². The van der Waals surface area contributed by atoms with Crippen molar-refractivity contribution < 1.29 is 0 Å². The lowest BCUT2D eigenvalue weighted by Crippen LogP contribution is -2.27. The van der Waals surface area contributed by atoms with Gasteiger partial charge in [-0.15, -0.1) is 0 Å². The fourth-order valence-corrected chi connectivity index (χ4v) is 2.75. The number of nitrogens with zero attached hydrogens (tertiary/aromatic N) is 2. The molecule has 0 radical (unpaired) electrons. The quantitative estimate of drug-likeness (QED) is 0.798. The van der Waals surface area contributed by atoms with Gasteiger partial charge >= 0.3 is 0 Å². The maximum atomic E-state index is 5.73. The fourth-order valence-electron chi connectivity index (χ4n) is 2.75. The molecule has 0 amide bonds. The molecule has 2 heterocycles. The van der Waals surface area contributed by atoms with E-state index >= 15 is 0 Å². The average Bonchev–Trinajstić information content (AvgIpc) is 2.59. The predicted octanol–water partition coefficient (Wildman–Crippen LogP) is 1.67. The van der Waals surface area contributed by atoms with Crippen molar-refractivity contribution in [1.29, 1.82) is 0 Å². The highest BCUT2D eigenvalue weighted by atomic mass is 15.1. The highest BCUT2D eigenvalue weighted by Crippen LogP contribution is 2.37. The smallest absolute Gasteiger partial charge is 0.111 e. The molecule has 0 saturated heterocycles. The molecule has 1 atom stereocenters. The van der Waals surface area contributed by atoms with Crippen LogP contribution in [-0.2, 0) is 13.0 Å². The first-order valence-electron chi connectivity index (χ1n) is 6.13. The van der Waals surface area contributed by atoms with E-state index in [0.717, 1.165) is 25.4 Å². The average molecular weight is 205 g/mol. The Hall–Kier alpha value is -0.830. The van der Waals surface area contributed by atoms with Gasteiger partial charge in [0.25, 0.3) is 0 Å². The van der Waals surface area contributed by atoms with Crippen LogP contribution < -0.4 is 5.73 Å². The third-order valence-corrected chi connectivity index (χ3v) is 4.03. The van der Waals surface area contributed by atoms with Gasteiger partial charge in [-0.1, -0.05) is 6.42 Å². The number of hydrogen-bond acceptors (Lipinski definition) is 2. The van der Waals surface area contributed by atoms with Gasteiger partial charge < -0.3 is 10.3 Å². The van der Waals surface area contributed by atoms with E-state index in [1.807, 2.05) is 0 Å². The Morgan fingerprint density at radius 1 is 1.40 bits per heavy atom. The number of nitrogens with two attached hydrogens (primary N) is 1. The number of hydrogen-bond donors (Lipinski definition) is 1. The molecule has 3 nitrogen and oxygen atoms in total. The van der Waals surface area contributed by atoms with Crippen LogP contribution in [-0.4, -0.2) is 16.1 Å². The second-order valence-corrected chi connectivity index (χ2v) is 4.98. The summed E-state index contributed by atoms with van der Waals surface area (Å²) in [5, 5.41) is 0. The molecule has 2 N–H and O–H groups in total. The minimum atomic E-state index is 0.684. The van der Waals surface area contributed by atoms with Gasteiger partial charge in [0, 0.05) is 24.4 Å². The Labute approximate surface area is 90.7 Å². The molecule has 1 aromatic heterocycles. The lowest BCUT2D eigenvalue weighted by Gasteiger charge is -2.29. The van der Waals surface area contributed by atoms with E-state index in [0.29, 0.717) is 5.92 Å². The SMILES string of the molecule is NCC1CCn2c(cnc2C2CCC2)C1. The van der Waals surface area contributed by atoms with Gasteiger partial charge in [0.1, 0.15) is 5.82 Å². The first-order valence-corrected chi connectivity index (χ1v) is 6.13. The number of rotatable bonds is 2. The van der Waals surface area contributed by atoms with E-state index in [9.17, 15) is 0 Å². The van der Waals surface area contributed by atoms with Crippen molar-refractivity contribution in [3.8, 4) is 0 Å². The Morgan fingerprint density at radius 3 is 2.93 bits per heavy atom. The number of fused-ring (bicyclic) bond motifs is 1. The zero-order chi connectivity index (χ0) is 10.3. The van der Waals surface area contributed by atoms with Crippen LogP contribution >= 0.6 is 0 Å². The maximum Gasteiger partial charge on any atom is 0.111 e. The van der Waals surface area contributed by atoms with Crippen LogP contribution in [0.15, 0.2) is 6.20 Å². The molecule has 0 aromatic carbocycles. The van der Waals surface area contributed by atoms with Crippen LogP contribution in [0.5, 0.6) is 0 Å². The van der Waals surface area contributed by atoms with Crippen molar-refractivity contribution in [2.75, 3.05) is 6.54 Å². The van der Waals surface area contributed by atoms with Crippen molar-refractivity contribution in [3.63, 3.8) is 0 Å². The first kappa shape index (κ1) is 9.40. The molecular formula is C12H19N3. The minimum absolute atomic E-state index is 0.684. The zero-order valence-corrected chi connectivity index (χ0v) is 9.15. The molecule has 0 spiro atoms. The van der Waals surface area contributed by atoms with Gasteiger partial charge in [0.15, 0.2) is 0 Å². The molecule has 1 unspecified atom stereocenters. The van der Waals surface area contributed by atoms with Crippen molar-refractivity contribution in [1.82, 2.24) is 9.55 Å². The fraction of sp³-hybridized carbons (Fsp3) is 0.750. The van der Waals surface area contributed by atoms with Crippen LogP contribution in [0, 0.1) is 5.92 Å². The second-order valence-electron chi connectivity index (χ2n) is 4.98. The Morgan fingerprint density at radius 2 is 2.27 bits per heavy atom. The predicted molar refractivity (Wildman–Crippen MR) is 59.7 cm³/mol. The van der Waals surface area contributed by atoms with Gasteiger partial charge in [-0.2, -0.15) is 0 Å². The van der Waals surface area contributed by atoms with Crippen molar-refractivity contribution in [2.45, 2.75) is 44.6 Å². The normalized spacial score (nSPS) is 26.1. The van der Waals surface area contributed by atoms with Crippen LogP contribution in [0.4, 0.5) is 0 Å². The topological polar surface area (TPSA) is 43.8 Å². The monoisotopic (exact) mass is 205 g/mol. The highest BCUT2D eigenvalue weighted by Gasteiger charge is 2.27. The molecule has 15 heavy (non-hydrogen) atoms. The number of aromatic nitrogens is 2. The summed E-state index contributed by atoms with van der Waals surface area (Å²) in [5.74, 6) is 2.79. The summed E-state index contributed by atoms with van der Waals surface area (Å²) in [7, 11) is 0. The molecule has 1 fully saturated rings. The van der Waals surface area contributed by atoms with E-state index in [1.54, 1.807) is 0 Å². The summed E-state index contributed by atoms with van der Waals surface area (Å²) in [5.41, 5.74) is 7.15. The Bertz CT molecular complexity index is 352. The molecule has 3 heteroatoms. The Balaban J connectivity index is 1.85. The van der Waals surface area contributed by atoms with Gasteiger partial charge in [-0.05, 0) is 38.1 Å². The lowest BCUT2D eigenvalue weighted by atomic mass is 9.84. The van der Waals surface area contributed by atoms with Gasteiger partial charge in [-0.3, -0.25) is 0 Å². The van der Waals surface area contributed by atoms with E-state index < -0.39 is 0 Å². The highest BCUT2D eigenvalue weighted by molar-refractivity contribution is 5.14.